The van der Waals surface area contributed by atoms with Crippen molar-refractivity contribution in [2.24, 2.45) is 5.92 Å². The Balaban J connectivity index is 1.58. The summed E-state index contributed by atoms with van der Waals surface area (Å²) in [5.74, 6) is -0.154. The minimum absolute atomic E-state index is 0.00570. The van der Waals surface area contributed by atoms with E-state index in [0.717, 1.165) is 25.7 Å². The first-order chi connectivity index (χ1) is 9.13. The Morgan fingerprint density at radius 2 is 2.05 bits per heavy atom. The highest BCUT2D eigenvalue weighted by molar-refractivity contribution is 5.89. The molecule has 3 rings (SSSR count). The zero-order chi connectivity index (χ0) is 13.5. The normalized spacial score (nSPS) is 29.8. The summed E-state index contributed by atoms with van der Waals surface area (Å²) in [6.07, 6.45) is 6.59. The Labute approximate surface area is 113 Å². The number of hydrogen-bond acceptors (Lipinski definition) is 3. The van der Waals surface area contributed by atoms with Crippen molar-refractivity contribution in [3.8, 4) is 0 Å². The number of aliphatic hydroxyl groups is 1. The van der Waals surface area contributed by atoms with Crippen LogP contribution >= 0.6 is 0 Å². The second kappa shape index (κ2) is 4.78. The summed E-state index contributed by atoms with van der Waals surface area (Å²) in [4.78, 5) is 26.1. The molecule has 0 bridgehead atoms. The minimum atomic E-state index is -0.374. The minimum Gasteiger partial charge on any atom is -0.394 e. The largest absolute Gasteiger partial charge is 0.394 e. The number of nitrogens with zero attached hydrogens (tertiary/aromatic N) is 1. The van der Waals surface area contributed by atoms with Gasteiger partial charge in [-0.05, 0) is 25.7 Å². The van der Waals surface area contributed by atoms with Crippen LogP contribution in [-0.2, 0) is 9.59 Å². The van der Waals surface area contributed by atoms with Gasteiger partial charge in [-0.1, -0.05) is 12.8 Å². The van der Waals surface area contributed by atoms with Crippen LogP contribution < -0.4 is 5.32 Å². The highest BCUT2D eigenvalue weighted by atomic mass is 16.3. The molecule has 2 saturated carbocycles. The van der Waals surface area contributed by atoms with Crippen molar-refractivity contribution in [1.82, 2.24) is 10.2 Å². The Morgan fingerprint density at radius 1 is 1.37 bits per heavy atom. The highest BCUT2D eigenvalue weighted by Gasteiger charge is 2.46. The van der Waals surface area contributed by atoms with Crippen LogP contribution in [0.5, 0.6) is 0 Å². The van der Waals surface area contributed by atoms with Crippen LogP contribution in [0, 0.1) is 5.92 Å². The van der Waals surface area contributed by atoms with Gasteiger partial charge in [0.25, 0.3) is 0 Å². The number of carbonyl (C=O) groups excluding carboxylic acids is 2. The molecule has 0 aromatic rings. The number of amides is 2. The van der Waals surface area contributed by atoms with E-state index < -0.39 is 0 Å². The van der Waals surface area contributed by atoms with Gasteiger partial charge < -0.3 is 15.3 Å². The van der Waals surface area contributed by atoms with Gasteiger partial charge in [-0.2, -0.15) is 0 Å². The third-order valence-corrected chi connectivity index (χ3v) is 4.84. The summed E-state index contributed by atoms with van der Waals surface area (Å²) >= 11 is 0. The van der Waals surface area contributed by atoms with Gasteiger partial charge in [-0.15, -0.1) is 0 Å². The molecule has 0 aromatic heterocycles. The number of likely N-dealkylation sites (tertiary alicyclic amines) is 1. The smallest absolute Gasteiger partial charge is 0.225 e. The fraction of sp³-hybridized carbons (Fsp3) is 0.857. The first-order valence-electron chi connectivity index (χ1n) is 7.36. The zero-order valence-electron chi connectivity index (χ0n) is 11.2. The molecule has 1 saturated heterocycles. The molecule has 3 aliphatic rings. The number of hydrogen-bond donors (Lipinski definition) is 2. The predicted octanol–water partition coefficient (Wildman–Crippen LogP) is 0.419. The molecule has 2 aliphatic carbocycles. The zero-order valence-corrected chi connectivity index (χ0v) is 11.2. The average Bonchev–Trinajstić information content (AvgIpc) is 2.82. The van der Waals surface area contributed by atoms with E-state index in [4.69, 9.17) is 0 Å². The van der Waals surface area contributed by atoms with Gasteiger partial charge in [0.05, 0.1) is 18.1 Å². The van der Waals surface area contributed by atoms with Gasteiger partial charge in [0.2, 0.25) is 11.8 Å². The lowest BCUT2D eigenvalue weighted by molar-refractivity contribution is -0.130. The van der Waals surface area contributed by atoms with E-state index in [-0.39, 0.29) is 29.9 Å². The molecular weight excluding hydrogens is 244 g/mol. The topological polar surface area (TPSA) is 69.6 Å². The number of nitrogens with one attached hydrogen (secondary N) is 1. The van der Waals surface area contributed by atoms with E-state index in [9.17, 15) is 14.7 Å². The maximum absolute atomic E-state index is 12.2. The number of carbonyl (C=O) groups is 2. The maximum atomic E-state index is 12.2. The van der Waals surface area contributed by atoms with Crippen LogP contribution in [-0.4, -0.2) is 46.6 Å². The van der Waals surface area contributed by atoms with Crippen molar-refractivity contribution in [1.29, 1.82) is 0 Å². The van der Waals surface area contributed by atoms with Crippen molar-refractivity contribution < 1.29 is 14.7 Å². The standard InChI is InChI=1S/C14H22N2O3/c17-9-14(5-6-14)15-13(19)10-7-12(18)16(8-10)11-3-1-2-4-11/h10-11,17H,1-9H2,(H,15,19). The van der Waals surface area contributed by atoms with Crippen molar-refractivity contribution in [3.05, 3.63) is 0 Å². The van der Waals surface area contributed by atoms with Crippen molar-refractivity contribution in [3.63, 3.8) is 0 Å². The number of aliphatic hydroxyl groups excluding tert-OH is 1. The summed E-state index contributed by atoms with van der Waals surface area (Å²) in [6, 6.07) is 0.359. The Kier molecular flexibility index (Phi) is 3.25. The molecule has 0 aromatic carbocycles. The lowest BCUT2D eigenvalue weighted by Gasteiger charge is -2.24. The third-order valence-electron chi connectivity index (χ3n) is 4.84. The Bertz CT molecular complexity index is 386. The van der Waals surface area contributed by atoms with Gasteiger partial charge in [-0.25, -0.2) is 0 Å². The van der Waals surface area contributed by atoms with Crippen LogP contribution in [0.1, 0.15) is 44.9 Å². The summed E-state index contributed by atoms with van der Waals surface area (Å²) in [6.45, 7) is 0.572. The maximum Gasteiger partial charge on any atom is 0.225 e. The summed E-state index contributed by atoms with van der Waals surface area (Å²) in [7, 11) is 0. The summed E-state index contributed by atoms with van der Waals surface area (Å²) < 4.78 is 0. The molecule has 106 valence electrons. The molecule has 1 heterocycles. The molecule has 5 nitrogen and oxygen atoms in total. The quantitative estimate of drug-likeness (QED) is 0.774. The lowest BCUT2D eigenvalue weighted by atomic mass is 10.1. The van der Waals surface area contributed by atoms with Gasteiger partial charge in [0.15, 0.2) is 0 Å². The van der Waals surface area contributed by atoms with Crippen LogP contribution in [0.3, 0.4) is 0 Å². The number of rotatable bonds is 4. The average molecular weight is 266 g/mol. The SMILES string of the molecule is O=C(NC1(CO)CC1)C1CC(=O)N(C2CCCC2)C1. The van der Waals surface area contributed by atoms with Crippen LogP contribution in [0.25, 0.3) is 0 Å². The van der Waals surface area contributed by atoms with E-state index in [1.807, 2.05) is 4.90 Å². The monoisotopic (exact) mass is 266 g/mol. The second-order valence-corrected chi connectivity index (χ2v) is 6.31. The van der Waals surface area contributed by atoms with E-state index in [2.05, 4.69) is 5.32 Å². The first-order valence-corrected chi connectivity index (χ1v) is 7.36. The van der Waals surface area contributed by atoms with Crippen LogP contribution in [0.4, 0.5) is 0 Å². The van der Waals surface area contributed by atoms with Crippen molar-refractivity contribution >= 4 is 11.8 Å². The third kappa shape index (κ3) is 2.48. The second-order valence-electron chi connectivity index (χ2n) is 6.31. The van der Waals surface area contributed by atoms with Gasteiger partial charge in [0.1, 0.15) is 0 Å². The van der Waals surface area contributed by atoms with Crippen molar-refractivity contribution in [2.45, 2.75) is 56.5 Å². The van der Waals surface area contributed by atoms with Gasteiger partial charge in [0, 0.05) is 19.0 Å². The molecule has 19 heavy (non-hydrogen) atoms. The molecule has 1 unspecified atom stereocenters. The summed E-state index contributed by atoms with van der Waals surface area (Å²) in [5.41, 5.74) is -0.374. The van der Waals surface area contributed by atoms with E-state index in [1.165, 1.54) is 12.8 Å². The molecule has 2 N–H and O–H groups in total. The molecule has 1 atom stereocenters. The molecule has 0 spiro atoms. The fourth-order valence-electron chi connectivity index (χ4n) is 3.31. The van der Waals surface area contributed by atoms with E-state index in [0.29, 0.717) is 19.0 Å². The molecule has 1 aliphatic heterocycles. The van der Waals surface area contributed by atoms with Crippen LogP contribution in [0.15, 0.2) is 0 Å². The van der Waals surface area contributed by atoms with Crippen LogP contribution in [0.2, 0.25) is 0 Å². The fourth-order valence-corrected chi connectivity index (χ4v) is 3.31. The summed E-state index contributed by atoms with van der Waals surface area (Å²) in [5, 5.41) is 12.2. The highest BCUT2D eigenvalue weighted by Crippen LogP contribution is 2.36. The lowest BCUT2D eigenvalue weighted by Crippen LogP contribution is -2.44. The molecule has 5 heteroatoms. The van der Waals surface area contributed by atoms with Gasteiger partial charge >= 0.3 is 0 Å². The van der Waals surface area contributed by atoms with Crippen molar-refractivity contribution in [2.75, 3.05) is 13.2 Å². The Morgan fingerprint density at radius 3 is 2.63 bits per heavy atom. The molecular formula is C14H22N2O3. The molecule has 3 fully saturated rings. The first kappa shape index (κ1) is 12.9. The predicted molar refractivity (Wildman–Crippen MR) is 69.3 cm³/mol. The molecule has 2 amide bonds. The van der Waals surface area contributed by atoms with E-state index in [1.54, 1.807) is 0 Å². The molecule has 0 radical (unpaired) electrons. The van der Waals surface area contributed by atoms with E-state index >= 15 is 0 Å². The van der Waals surface area contributed by atoms with Gasteiger partial charge in [-0.3, -0.25) is 9.59 Å². The Hall–Kier alpha value is -1.10.